The number of anilines is 1. The first-order valence-corrected chi connectivity index (χ1v) is 8.28. The van der Waals surface area contributed by atoms with E-state index < -0.39 is 0 Å². The van der Waals surface area contributed by atoms with Crippen LogP contribution in [-0.4, -0.2) is 18.6 Å². The zero-order chi connectivity index (χ0) is 15.7. The maximum absolute atomic E-state index is 12.4. The molecule has 22 heavy (non-hydrogen) atoms. The minimum absolute atomic E-state index is 0.112. The van der Waals surface area contributed by atoms with Gasteiger partial charge in [0.05, 0.1) is 17.2 Å². The number of benzene rings is 1. The normalized spacial score (nSPS) is 16.0. The van der Waals surface area contributed by atoms with Crippen molar-refractivity contribution >= 4 is 22.9 Å². The van der Waals surface area contributed by atoms with E-state index in [0.29, 0.717) is 18.0 Å². The fourth-order valence-electron chi connectivity index (χ4n) is 2.60. The number of ether oxygens (including phenoxy) is 2. The molecule has 0 aliphatic carbocycles. The lowest BCUT2D eigenvalue weighted by Crippen LogP contribution is -2.12. The number of carbonyl (C=O) groups is 1. The van der Waals surface area contributed by atoms with Crippen LogP contribution in [0.15, 0.2) is 23.6 Å². The SMILES string of the molecule is CCOc1cc2c(cc1NC(=O)c1sccc1C)O[C@H](C)C2. The molecular formula is C17H19NO3S. The number of fused-ring (bicyclic) bond motifs is 1. The van der Waals surface area contributed by atoms with Crippen LogP contribution < -0.4 is 14.8 Å². The van der Waals surface area contributed by atoms with Crippen LogP contribution in [0.3, 0.4) is 0 Å². The number of hydrogen-bond acceptors (Lipinski definition) is 4. The molecule has 1 aliphatic rings. The Bertz CT molecular complexity index is 708. The largest absolute Gasteiger partial charge is 0.492 e. The molecule has 1 aromatic carbocycles. The van der Waals surface area contributed by atoms with Crippen LogP contribution in [0.25, 0.3) is 0 Å². The van der Waals surface area contributed by atoms with Gasteiger partial charge in [0.25, 0.3) is 5.91 Å². The molecule has 0 saturated heterocycles. The van der Waals surface area contributed by atoms with Gasteiger partial charge in [-0.25, -0.2) is 0 Å². The predicted octanol–water partition coefficient (Wildman–Crippen LogP) is 4.03. The van der Waals surface area contributed by atoms with E-state index in [-0.39, 0.29) is 12.0 Å². The Kier molecular flexibility index (Phi) is 4.07. The van der Waals surface area contributed by atoms with Gasteiger partial charge in [-0.2, -0.15) is 0 Å². The molecule has 3 rings (SSSR count). The lowest BCUT2D eigenvalue weighted by atomic mass is 10.1. The summed E-state index contributed by atoms with van der Waals surface area (Å²) < 4.78 is 11.5. The molecule has 116 valence electrons. The van der Waals surface area contributed by atoms with Gasteiger partial charge in [-0.3, -0.25) is 4.79 Å². The quantitative estimate of drug-likeness (QED) is 0.926. The first kappa shape index (κ1) is 14.9. The average Bonchev–Trinajstić information content (AvgIpc) is 3.04. The van der Waals surface area contributed by atoms with E-state index in [4.69, 9.17) is 9.47 Å². The molecule has 1 N–H and O–H groups in total. The molecule has 0 fully saturated rings. The van der Waals surface area contributed by atoms with Crippen molar-refractivity contribution in [1.29, 1.82) is 0 Å². The van der Waals surface area contributed by atoms with Crippen LogP contribution in [0.5, 0.6) is 11.5 Å². The van der Waals surface area contributed by atoms with Crippen molar-refractivity contribution in [2.24, 2.45) is 0 Å². The Labute approximate surface area is 134 Å². The molecule has 0 unspecified atom stereocenters. The van der Waals surface area contributed by atoms with Gasteiger partial charge in [-0.05, 0) is 43.8 Å². The summed E-state index contributed by atoms with van der Waals surface area (Å²) in [5, 5.41) is 4.87. The zero-order valence-electron chi connectivity index (χ0n) is 12.9. The summed E-state index contributed by atoms with van der Waals surface area (Å²) in [6.45, 7) is 6.45. The molecule has 4 nitrogen and oxygen atoms in total. The lowest BCUT2D eigenvalue weighted by Gasteiger charge is -2.13. The summed E-state index contributed by atoms with van der Waals surface area (Å²) in [4.78, 5) is 13.1. The van der Waals surface area contributed by atoms with Crippen molar-refractivity contribution < 1.29 is 14.3 Å². The second-order valence-corrected chi connectivity index (χ2v) is 6.32. The van der Waals surface area contributed by atoms with Gasteiger partial charge in [-0.1, -0.05) is 0 Å². The zero-order valence-corrected chi connectivity index (χ0v) is 13.8. The van der Waals surface area contributed by atoms with Gasteiger partial charge in [0.2, 0.25) is 0 Å². The average molecular weight is 317 g/mol. The van der Waals surface area contributed by atoms with E-state index in [0.717, 1.165) is 28.2 Å². The molecule has 2 heterocycles. The standard InChI is InChI=1S/C17H19NO3S/c1-4-20-15-8-12-7-11(3)21-14(12)9-13(15)18-17(19)16-10(2)5-6-22-16/h5-6,8-9,11H,4,7H2,1-3H3,(H,18,19)/t11-/m1/s1. The number of amides is 1. The minimum atomic E-state index is -0.112. The van der Waals surface area contributed by atoms with E-state index in [1.54, 1.807) is 0 Å². The van der Waals surface area contributed by atoms with Crippen LogP contribution in [0, 0.1) is 6.92 Å². The van der Waals surface area contributed by atoms with Gasteiger partial charge < -0.3 is 14.8 Å². The third-order valence-corrected chi connectivity index (χ3v) is 4.63. The topological polar surface area (TPSA) is 47.6 Å². The maximum Gasteiger partial charge on any atom is 0.266 e. The maximum atomic E-state index is 12.4. The van der Waals surface area contributed by atoms with Gasteiger partial charge in [0.15, 0.2) is 0 Å². The number of hydrogen-bond donors (Lipinski definition) is 1. The van der Waals surface area contributed by atoms with Crippen LogP contribution in [0.2, 0.25) is 0 Å². The number of aryl methyl sites for hydroxylation is 1. The molecule has 0 bridgehead atoms. The van der Waals surface area contributed by atoms with Gasteiger partial charge in [0.1, 0.15) is 17.6 Å². The van der Waals surface area contributed by atoms with E-state index in [1.807, 2.05) is 44.4 Å². The number of thiophene rings is 1. The highest BCUT2D eigenvalue weighted by molar-refractivity contribution is 7.12. The fourth-order valence-corrected chi connectivity index (χ4v) is 3.42. The summed E-state index contributed by atoms with van der Waals surface area (Å²) in [5.41, 5.74) is 2.76. The summed E-state index contributed by atoms with van der Waals surface area (Å²) >= 11 is 1.44. The third kappa shape index (κ3) is 2.81. The number of rotatable bonds is 4. The van der Waals surface area contributed by atoms with Gasteiger partial charge >= 0.3 is 0 Å². The number of nitrogens with one attached hydrogen (secondary N) is 1. The molecule has 0 saturated carbocycles. The van der Waals surface area contributed by atoms with E-state index in [2.05, 4.69) is 5.32 Å². The molecule has 0 spiro atoms. The number of carbonyl (C=O) groups excluding carboxylic acids is 1. The Hall–Kier alpha value is -2.01. The Morgan fingerprint density at radius 3 is 3.00 bits per heavy atom. The molecule has 0 radical (unpaired) electrons. The van der Waals surface area contributed by atoms with Crippen molar-refractivity contribution in [1.82, 2.24) is 0 Å². The Balaban J connectivity index is 1.91. The van der Waals surface area contributed by atoms with Crippen molar-refractivity contribution in [3.63, 3.8) is 0 Å². The first-order chi connectivity index (χ1) is 10.6. The molecule has 5 heteroatoms. The smallest absolute Gasteiger partial charge is 0.266 e. The molecular weight excluding hydrogens is 298 g/mol. The highest BCUT2D eigenvalue weighted by atomic mass is 32.1. The lowest BCUT2D eigenvalue weighted by molar-refractivity contribution is 0.102. The third-order valence-electron chi connectivity index (χ3n) is 3.61. The van der Waals surface area contributed by atoms with Crippen molar-refractivity contribution in [2.75, 3.05) is 11.9 Å². The second kappa shape index (κ2) is 6.01. The molecule has 2 aromatic rings. The summed E-state index contributed by atoms with van der Waals surface area (Å²) in [6.07, 6.45) is 1.03. The van der Waals surface area contributed by atoms with Crippen molar-refractivity contribution in [2.45, 2.75) is 33.3 Å². The molecule has 1 atom stereocenters. The fraction of sp³-hybridized carbons (Fsp3) is 0.353. The van der Waals surface area contributed by atoms with Crippen LogP contribution in [0.1, 0.15) is 34.6 Å². The van der Waals surface area contributed by atoms with Crippen molar-refractivity contribution in [3.8, 4) is 11.5 Å². The van der Waals surface area contributed by atoms with Gasteiger partial charge in [-0.15, -0.1) is 11.3 Å². The van der Waals surface area contributed by atoms with Crippen LogP contribution in [0.4, 0.5) is 5.69 Å². The monoisotopic (exact) mass is 317 g/mol. The molecule has 1 aromatic heterocycles. The summed E-state index contributed by atoms with van der Waals surface area (Å²) in [5.74, 6) is 1.41. The summed E-state index contributed by atoms with van der Waals surface area (Å²) in [6, 6.07) is 5.78. The van der Waals surface area contributed by atoms with Gasteiger partial charge in [0, 0.05) is 18.1 Å². The van der Waals surface area contributed by atoms with Crippen molar-refractivity contribution in [3.05, 3.63) is 39.6 Å². The van der Waals surface area contributed by atoms with Crippen LogP contribution >= 0.6 is 11.3 Å². The Morgan fingerprint density at radius 2 is 2.32 bits per heavy atom. The molecule has 1 aliphatic heterocycles. The Morgan fingerprint density at radius 1 is 1.50 bits per heavy atom. The summed E-state index contributed by atoms with van der Waals surface area (Å²) in [7, 11) is 0. The second-order valence-electron chi connectivity index (χ2n) is 5.41. The van der Waals surface area contributed by atoms with E-state index in [9.17, 15) is 4.79 Å². The highest BCUT2D eigenvalue weighted by Crippen LogP contribution is 2.38. The van der Waals surface area contributed by atoms with E-state index in [1.165, 1.54) is 11.3 Å². The van der Waals surface area contributed by atoms with Crippen LogP contribution in [-0.2, 0) is 6.42 Å². The predicted molar refractivity (Wildman–Crippen MR) is 88.4 cm³/mol. The minimum Gasteiger partial charge on any atom is -0.492 e. The highest BCUT2D eigenvalue weighted by Gasteiger charge is 2.23. The van der Waals surface area contributed by atoms with E-state index >= 15 is 0 Å². The molecule has 1 amide bonds. The first-order valence-electron chi connectivity index (χ1n) is 7.40.